The van der Waals surface area contributed by atoms with Crippen molar-refractivity contribution >= 4 is 40.7 Å². The number of amides is 3. The van der Waals surface area contributed by atoms with E-state index in [0.29, 0.717) is 45.4 Å². The third-order valence-corrected chi connectivity index (χ3v) is 7.40. The highest BCUT2D eigenvalue weighted by Crippen LogP contribution is 2.34. The van der Waals surface area contributed by atoms with Crippen molar-refractivity contribution in [2.24, 2.45) is 11.1 Å². The summed E-state index contributed by atoms with van der Waals surface area (Å²) in [5.41, 5.74) is 10.0. The first-order chi connectivity index (χ1) is 20.6. The predicted octanol–water partition coefficient (Wildman–Crippen LogP) is 3.05. The maximum absolute atomic E-state index is 13.3. The molecule has 2 fully saturated rings. The summed E-state index contributed by atoms with van der Waals surface area (Å²) in [5, 5.41) is 4.90. The van der Waals surface area contributed by atoms with E-state index in [4.69, 9.17) is 15.2 Å². The number of aryl methyl sites for hydroxylation is 1. The van der Waals surface area contributed by atoms with Crippen LogP contribution in [0.25, 0.3) is 17.0 Å². The summed E-state index contributed by atoms with van der Waals surface area (Å²) in [7, 11) is 0. The van der Waals surface area contributed by atoms with Gasteiger partial charge in [-0.3, -0.25) is 29.2 Å². The number of carbonyl (C=O) groups excluding carboxylic acids is 4. The van der Waals surface area contributed by atoms with Crippen LogP contribution in [0.2, 0.25) is 0 Å². The van der Waals surface area contributed by atoms with Gasteiger partial charge in [0.1, 0.15) is 12.1 Å². The fraction of sp³-hybridized carbons (Fsp3) is 0.531. The van der Waals surface area contributed by atoms with Crippen molar-refractivity contribution in [1.82, 2.24) is 20.7 Å². The minimum absolute atomic E-state index is 0.391. The zero-order chi connectivity index (χ0) is 31.4. The Morgan fingerprint density at radius 1 is 1.19 bits per heavy atom. The molecule has 3 heterocycles. The average molecular weight is 596 g/mol. The lowest BCUT2D eigenvalue weighted by molar-refractivity contribution is -0.160. The molecule has 2 aliphatic heterocycles. The van der Waals surface area contributed by atoms with Crippen molar-refractivity contribution < 1.29 is 28.7 Å². The van der Waals surface area contributed by atoms with Crippen LogP contribution in [0.4, 0.5) is 0 Å². The number of carbonyl (C=O) groups is 4. The van der Waals surface area contributed by atoms with Crippen molar-refractivity contribution in [3.05, 3.63) is 47.7 Å². The van der Waals surface area contributed by atoms with E-state index in [1.54, 1.807) is 0 Å². The number of aromatic nitrogens is 1. The Hall–Kier alpha value is -3.83. The first kappa shape index (κ1) is 33.7. The van der Waals surface area contributed by atoms with Crippen LogP contribution in [-0.2, 0) is 35.1 Å². The standard InChI is InChI=1S/C29H37N5O6.C3H8/c1-3-22-9-8-21-7-6-20(17-24(21)32-22)10-11-29(12-15-39-16-13-29)28(38)40-18-25(35)31-19(2)27(37)34-14-4-5-23(33-34)26(30)36;1-3-2/h6-11,17,19,23,33H,3-5,12-16,18H2,1-2H3,(H2,30,36)(H,31,35);3H2,1-2H3/b11-10+;. The number of rotatable bonds is 9. The molecule has 4 rings (SSSR count). The van der Waals surface area contributed by atoms with E-state index in [1.807, 2.05) is 42.5 Å². The quantitative estimate of drug-likeness (QED) is 0.374. The zero-order valence-corrected chi connectivity index (χ0v) is 25.7. The molecule has 234 valence electrons. The van der Waals surface area contributed by atoms with E-state index in [2.05, 4.69) is 36.5 Å². The van der Waals surface area contributed by atoms with E-state index in [1.165, 1.54) is 18.4 Å². The summed E-state index contributed by atoms with van der Waals surface area (Å²) in [6.45, 7) is 8.49. The molecule has 1 aromatic carbocycles. The summed E-state index contributed by atoms with van der Waals surface area (Å²) >= 11 is 0. The molecule has 2 atom stereocenters. The molecule has 4 N–H and O–H groups in total. The maximum atomic E-state index is 13.3. The Balaban J connectivity index is 0.00000162. The second-order valence-corrected chi connectivity index (χ2v) is 11.0. The molecule has 2 aliphatic rings. The Kier molecular flexibility index (Phi) is 12.6. The van der Waals surface area contributed by atoms with Crippen LogP contribution < -0.4 is 16.5 Å². The number of pyridine rings is 1. The number of hydrazine groups is 1. The van der Waals surface area contributed by atoms with Gasteiger partial charge in [0.05, 0.1) is 10.9 Å². The van der Waals surface area contributed by atoms with Gasteiger partial charge in [-0.1, -0.05) is 57.5 Å². The van der Waals surface area contributed by atoms with Crippen LogP contribution in [0.1, 0.15) is 71.1 Å². The first-order valence-electron chi connectivity index (χ1n) is 15.1. The van der Waals surface area contributed by atoms with Gasteiger partial charge in [0, 0.05) is 30.8 Å². The van der Waals surface area contributed by atoms with Gasteiger partial charge < -0.3 is 20.5 Å². The Morgan fingerprint density at radius 3 is 2.56 bits per heavy atom. The number of benzene rings is 1. The number of primary amides is 1. The van der Waals surface area contributed by atoms with Crippen LogP contribution >= 0.6 is 0 Å². The van der Waals surface area contributed by atoms with Gasteiger partial charge in [-0.05, 0) is 56.7 Å². The summed E-state index contributed by atoms with van der Waals surface area (Å²) in [4.78, 5) is 54.7. The summed E-state index contributed by atoms with van der Waals surface area (Å²) < 4.78 is 10.9. The highest BCUT2D eigenvalue weighted by Gasteiger charge is 2.39. The van der Waals surface area contributed by atoms with Crippen molar-refractivity contribution in [2.75, 3.05) is 26.4 Å². The largest absolute Gasteiger partial charge is 0.455 e. The molecule has 0 bridgehead atoms. The molecule has 3 amide bonds. The highest BCUT2D eigenvalue weighted by molar-refractivity contribution is 5.90. The maximum Gasteiger partial charge on any atom is 0.316 e. The van der Waals surface area contributed by atoms with Gasteiger partial charge in [0.15, 0.2) is 6.61 Å². The molecule has 2 unspecified atom stereocenters. The number of nitrogens with one attached hydrogen (secondary N) is 2. The molecule has 0 spiro atoms. The lowest BCUT2D eigenvalue weighted by Gasteiger charge is -2.34. The van der Waals surface area contributed by atoms with Gasteiger partial charge in [-0.15, -0.1) is 0 Å². The fourth-order valence-electron chi connectivity index (χ4n) is 4.91. The molecule has 2 aromatic rings. The number of esters is 1. The van der Waals surface area contributed by atoms with Gasteiger partial charge >= 0.3 is 5.97 Å². The fourth-order valence-corrected chi connectivity index (χ4v) is 4.91. The summed E-state index contributed by atoms with van der Waals surface area (Å²) in [6, 6.07) is 8.49. The van der Waals surface area contributed by atoms with E-state index in [0.717, 1.165) is 28.6 Å². The molecule has 43 heavy (non-hydrogen) atoms. The van der Waals surface area contributed by atoms with Crippen LogP contribution in [0, 0.1) is 5.41 Å². The number of fused-ring (bicyclic) bond motifs is 1. The molecule has 1 aromatic heterocycles. The Bertz CT molecular complexity index is 1310. The monoisotopic (exact) mass is 595 g/mol. The number of ether oxygens (including phenoxy) is 2. The van der Waals surface area contributed by atoms with E-state index in [9.17, 15) is 19.2 Å². The van der Waals surface area contributed by atoms with E-state index >= 15 is 0 Å². The molecule has 2 saturated heterocycles. The molecule has 0 aliphatic carbocycles. The van der Waals surface area contributed by atoms with Crippen LogP contribution in [0.5, 0.6) is 0 Å². The first-order valence-corrected chi connectivity index (χ1v) is 15.1. The topological polar surface area (TPSA) is 153 Å². The van der Waals surface area contributed by atoms with E-state index < -0.39 is 47.8 Å². The molecule has 0 radical (unpaired) electrons. The molecule has 11 heteroatoms. The van der Waals surface area contributed by atoms with Crippen LogP contribution in [0.15, 0.2) is 36.4 Å². The molecule has 0 saturated carbocycles. The minimum Gasteiger partial charge on any atom is -0.455 e. The number of nitrogens with zero attached hydrogens (tertiary/aromatic N) is 2. The van der Waals surface area contributed by atoms with Gasteiger partial charge in [0.25, 0.3) is 11.8 Å². The SMILES string of the molecule is CCC.CCc1ccc2ccc(/C=C/C3(C(=O)OCC(=O)NC(C)C(=O)N4CCCC(C(N)=O)N4)CCOCC3)cc2n1. The smallest absolute Gasteiger partial charge is 0.316 e. The summed E-state index contributed by atoms with van der Waals surface area (Å²) in [6.07, 6.45) is 7.81. The summed E-state index contributed by atoms with van der Waals surface area (Å²) in [5.74, 6) is -2.07. The lowest BCUT2D eigenvalue weighted by Crippen LogP contribution is -2.60. The zero-order valence-electron chi connectivity index (χ0n) is 25.7. The second-order valence-electron chi connectivity index (χ2n) is 11.0. The normalized spacial score (nSPS) is 18.8. The predicted molar refractivity (Wildman–Crippen MR) is 164 cm³/mol. The molecular weight excluding hydrogens is 550 g/mol. The highest BCUT2D eigenvalue weighted by atomic mass is 16.5. The minimum atomic E-state index is -0.935. The molecular formula is C32H45N5O6. The van der Waals surface area contributed by atoms with Crippen molar-refractivity contribution in [2.45, 2.75) is 78.3 Å². The van der Waals surface area contributed by atoms with E-state index in [-0.39, 0.29) is 0 Å². The number of hydrogen-bond donors (Lipinski definition) is 3. The van der Waals surface area contributed by atoms with Crippen LogP contribution in [0.3, 0.4) is 0 Å². The van der Waals surface area contributed by atoms with Gasteiger partial charge in [-0.25, -0.2) is 5.43 Å². The number of hydrogen-bond acceptors (Lipinski definition) is 8. The average Bonchev–Trinajstić information content (AvgIpc) is 3.02. The van der Waals surface area contributed by atoms with Crippen LogP contribution in [-0.4, -0.2) is 72.1 Å². The van der Waals surface area contributed by atoms with Gasteiger partial charge in [-0.2, -0.15) is 0 Å². The lowest BCUT2D eigenvalue weighted by atomic mass is 9.79. The Morgan fingerprint density at radius 2 is 1.88 bits per heavy atom. The van der Waals surface area contributed by atoms with Crippen molar-refractivity contribution in [3.63, 3.8) is 0 Å². The number of nitrogens with two attached hydrogens (primary N) is 1. The third-order valence-electron chi connectivity index (χ3n) is 7.40. The molecule has 11 nitrogen and oxygen atoms in total. The van der Waals surface area contributed by atoms with Gasteiger partial charge in [0.2, 0.25) is 5.91 Å². The second kappa shape index (κ2) is 16.1. The van der Waals surface area contributed by atoms with Crippen molar-refractivity contribution in [1.29, 1.82) is 0 Å². The third kappa shape index (κ3) is 9.33. The Labute approximate surface area is 253 Å². The van der Waals surface area contributed by atoms with Crippen molar-refractivity contribution in [3.8, 4) is 0 Å².